The Morgan fingerprint density at radius 2 is 2.07 bits per heavy atom. The van der Waals surface area contributed by atoms with Crippen LogP contribution in [0.1, 0.15) is 56.7 Å². The summed E-state index contributed by atoms with van der Waals surface area (Å²) in [7, 11) is 0. The Morgan fingerprint density at radius 3 is 2.97 bits per heavy atom. The molecule has 3 aliphatic rings. The molecule has 0 radical (unpaired) electrons. The Hall–Kier alpha value is -2.03. The van der Waals surface area contributed by atoms with Crippen LogP contribution in [0.3, 0.4) is 0 Å². The van der Waals surface area contributed by atoms with E-state index in [0.29, 0.717) is 12.0 Å². The number of amides is 1. The molecule has 0 aromatic carbocycles. The number of nitrogens with one attached hydrogen (secondary N) is 3. The Balaban J connectivity index is 1.33. The smallest absolute Gasteiger partial charge is 0.241 e. The lowest BCUT2D eigenvalue weighted by Crippen LogP contribution is -2.47. The standard InChI is InChI=1S/C21H28N6OS/c28-20(19-14-6-2-1-3-7-15(14)25-26-19)27-12-5-9-17(27)16-8-4-10-18(23-16)24-21-22-11-13-29-21/h4,8,10-11,13-15,17,19,25-26H,1-3,5-7,9,12H2,(H,22,23,24). The van der Waals surface area contributed by atoms with Crippen LogP contribution in [0.5, 0.6) is 0 Å². The van der Waals surface area contributed by atoms with Gasteiger partial charge in [-0.3, -0.25) is 10.2 Å². The van der Waals surface area contributed by atoms with Crippen LogP contribution in [0.2, 0.25) is 0 Å². The van der Waals surface area contributed by atoms with Gasteiger partial charge in [0.1, 0.15) is 11.9 Å². The maximum absolute atomic E-state index is 13.5. The van der Waals surface area contributed by atoms with Crippen molar-refractivity contribution in [1.29, 1.82) is 0 Å². The molecule has 4 unspecified atom stereocenters. The van der Waals surface area contributed by atoms with Gasteiger partial charge in [0, 0.05) is 30.1 Å². The van der Waals surface area contributed by atoms with Crippen molar-refractivity contribution in [3.8, 4) is 0 Å². The average molecular weight is 413 g/mol. The molecule has 1 aliphatic carbocycles. The SMILES string of the molecule is O=C(C1NNC2CCCCCC21)N1CCCC1c1cccc(Nc2nccs2)n1. The van der Waals surface area contributed by atoms with Gasteiger partial charge in [-0.15, -0.1) is 11.3 Å². The maximum Gasteiger partial charge on any atom is 0.241 e. The van der Waals surface area contributed by atoms with Crippen LogP contribution in [0.4, 0.5) is 10.9 Å². The monoisotopic (exact) mass is 412 g/mol. The number of hydrazine groups is 1. The second kappa shape index (κ2) is 8.38. The number of fused-ring (bicyclic) bond motifs is 1. The Labute approximate surface area is 175 Å². The zero-order valence-corrected chi connectivity index (χ0v) is 17.3. The molecule has 8 heteroatoms. The van der Waals surface area contributed by atoms with Crippen molar-refractivity contribution in [2.75, 3.05) is 11.9 Å². The lowest BCUT2D eigenvalue weighted by Gasteiger charge is -2.29. The molecule has 2 aliphatic heterocycles. The molecule has 29 heavy (non-hydrogen) atoms. The fourth-order valence-corrected chi connectivity index (χ4v) is 5.62. The highest BCUT2D eigenvalue weighted by Crippen LogP contribution is 2.35. The summed E-state index contributed by atoms with van der Waals surface area (Å²) in [4.78, 5) is 24.6. The molecule has 4 heterocycles. The maximum atomic E-state index is 13.5. The minimum absolute atomic E-state index is 0.0483. The van der Waals surface area contributed by atoms with Gasteiger partial charge in [0.2, 0.25) is 5.91 Å². The third-order valence-electron chi connectivity index (χ3n) is 6.50. The number of hydrogen-bond acceptors (Lipinski definition) is 7. The van der Waals surface area contributed by atoms with E-state index in [1.807, 2.05) is 23.6 Å². The number of nitrogens with zero attached hydrogens (tertiary/aromatic N) is 3. The van der Waals surface area contributed by atoms with Crippen LogP contribution in [-0.4, -0.2) is 39.4 Å². The van der Waals surface area contributed by atoms with E-state index in [1.165, 1.54) is 19.3 Å². The number of thiazole rings is 1. The Bertz CT molecular complexity index is 843. The molecule has 0 bridgehead atoms. The van der Waals surface area contributed by atoms with Crippen LogP contribution in [0.25, 0.3) is 0 Å². The van der Waals surface area contributed by atoms with Gasteiger partial charge >= 0.3 is 0 Å². The number of hydrogen-bond donors (Lipinski definition) is 3. The van der Waals surface area contributed by atoms with Gasteiger partial charge < -0.3 is 10.2 Å². The van der Waals surface area contributed by atoms with Crippen molar-refractivity contribution in [3.05, 3.63) is 35.5 Å². The summed E-state index contributed by atoms with van der Waals surface area (Å²) in [5.41, 5.74) is 7.71. The van der Waals surface area contributed by atoms with Crippen molar-refractivity contribution in [2.45, 2.75) is 63.1 Å². The number of aromatic nitrogens is 2. The highest BCUT2D eigenvalue weighted by Gasteiger charge is 2.44. The van der Waals surface area contributed by atoms with E-state index in [0.717, 1.165) is 48.9 Å². The third kappa shape index (κ3) is 3.89. The molecule has 1 amide bonds. The van der Waals surface area contributed by atoms with E-state index in [9.17, 15) is 4.79 Å². The van der Waals surface area contributed by atoms with Crippen molar-refractivity contribution >= 4 is 28.2 Å². The minimum Gasteiger partial charge on any atom is -0.333 e. The molecule has 7 nitrogen and oxygen atoms in total. The number of pyridine rings is 1. The molecule has 2 aromatic heterocycles. The number of carbonyl (C=O) groups is 1. The topological polar surface area (TPSA) is 82.2 Å². The Morgan fingerprint density at radius 1 is 1.14 bits per heavy atom. The fraction of sp³-hybridized carbons (Fsp3) is 0.571. The van der Waals surface area contributed by atoms with E-state index >= 15 is 0 Å². The first kappa shape index (κ1) is 19.0. The van der Waals surface area contributed by atoms with Gasteiger partial charge in [0.25, 0.3) is 0 Å². The number of anilines is 2. The number of rotatable bonds is 4. The minimum atomic E-state index is -0.115. The first-order valence-corrected chi connectivity index (χ1v) is 11.6. The molecule has 3 fully saturated rings. The van der Waals surface area contributed by atoms with Crippen LogP contribution < -0.4 is 16.2 Å². The van der Waals surface area contributed by atoms with Gasteiger partial charge in [0.15, 0.2) is 5.13 Å². The van der Waals surface area contributed by atoms with E-state index in [2.05, 4.69) is 26.1 Å². The molecule has 2 saturated heterocycles. The number of likely N-dealkylation sites (tertiary alicyclic amines) is 1. The lowest BCUT2D eigenvalue weighted by molar-refractivity contribution is -0.135. The van der Waals surface area contributed by atoms with Crippen LogP contribution in [0.15, 0.2) is 29.8 Å². The summed E-state index contributed by atoms with van der Waals surface area (Å²) in [6.45, 7) is 0.810. The molecule has 5 rings (SSSR count). The summed E-state index contributed by atoms with van der Waals surface area (Å²) in [5, 5.41) is 6.03. The predicted octanol–water partition coefficient (Wildman–Crippen LogP) is 3.37. The summed E-state index contributed by atoms with van der Waals surface area (Å²) in [5.74, 6) is 1.41. The molecule has 3 N–H and O–H groups in total. The zero-order valence-electron chi connectivity index (χ0n) is 16.5. The molecule has 0 spiro atoms. The molecular formula is C21H28N6OS. The van der Waals surface area contributed by atoms with Gasteiger partial charge in [-0.1, -0.05) is 25.3 Å². The largest absolute Gasteiger partial charge is 0.333 e. The second-order valence-corrected chi connectivity index (χ2v) is 9.17. The zero-order chi connectivity index (χ0) is 19.6. The van der Waals surface area contributed by atoms with E-state index in [4.69, 9.17) is 4.98 Å². The van der Waals surface area contributed by atoms with Gasteiger partial charge in [-0.2, -0.15) is 0 Å². The van der Waals surface area contributed by atoms with Crippen LogP contribution >= 0.6 is 11.3 Å². The Kier molecular flexibility index (Phi) is 5.48. The quantitative estimate of drug-likeness (QED) is 0.714. The fourth-order valence-electron chi connectivity index (χ4n) is 5.08. The predicted molar refractivity (Wildman–Crippen MR) is 114 cm³/mol. The first-order chi connectivity index (χ1) is 14.3. The molecule has 2 aromatic rings. The highest BCUT2D eigenvalue weighted by atomic mass is 32.1. The first-order valence-electron chi connectivity index (χ1n) is 10.7. The third-order valence-corrected chi connectivity index (χ3v) is 7.19. The van der Waals surface area contributed by atoms with E-state index in [1.54, 1.807) is 17.5 Å². The summed E-state index contributed by atoms with van der Waals surface area (Å²) in [6, 6.07) is 6.36. The summed E-state index contributed by atoms with van der Waals surface area (Å²) < 4.78 is 0. The molecular weight excluding hydrogens is 384 g/mol. The van der Waals surface area contributed by atoms with E-state index < -0.39 is 0 Å². The normalized spacial score (nSPS) is 29.4. The number of carbonyl (C=O) groups excluding carboxylic acids is 1. The molecule has 1 saturated carbocycles. The van der Waals surface area contributed by atoms with Crippen molar-refractivity contribution in [2.24, 2.45) is 5.92 Å². The van der Waals surface area contributed by atoms with Gasteiger partial charge in [-0.25, -0.2) is 15.4 Å². The van der Waals surface area contributed by atoms with Gasteiger partial charge in [-0.05, 0) is 37.8 Å². The van der Waals surface area contributed by atoms with Crippen LogP contribution in [-0.2, 0) is 4.79 Å². The van der Waals surface area contributed by atoms with Crippen molar-refractivity contribution in [3.63, 3.8) is 0 Å². The average Bonchev–Trinajstić information content (AvgIpc) is 3.47. The van der Waals surface area contributed by atoms with E-state index in [-0.39, 0.29) is 18.0 Å². The summed E-state index contributed by atoms with van der Waals surface area (Å²) >= 11 is 1.55. The summed E-state index contributed by atoms with van der Waals surface area (Å²) in [6.07, 6.45) is 9.82. The highest BCUT2D eigenvalue weighted by molar-refractivity contribution is 7.13. The van der Waals surface area contributed by atoms with Gasteiger partial charge in [0.05, 0.1) is 11.7 Å². The van der Waals surface area contributed by atoms with Crippen LogP contribution in [0, 0.1) is 5.92 Å². The molecule has 4 atom stereocenters. The second-order valence-electron chi connectivity index (χ2n) is 8.27. The van der Waals surface area contributed by atoms with Crippen molar-refractivity contribution < 1.29 is 4.79 Å². The molecule has 154 valence electrons. The lowest BCUT2D eigenvalue weighted by atomic mass is 9.89. The van der Waals surface area contributed by atoms with Crippen molar-refractivity contribution in [1.82, 2.24) is 25.7 Å².